The van der Waals surface area contributed by atoms with E-state index in [4.69, 9.17) is 22.1 Å². The number of benzene rings is 1. The maximum absolute atomic E-state index is 12.6. The van der Waals surface area contributed by atoms with Gasteiger partial charge in [0.05, 0.1) is 0 Å². The molecule has 140 valence electrons. The predicted molar refractivity (Wildman–Crippen MR) is 98.2 cm³/mol. The Bertz CT molecular complexity index is 730. The fourth-order valence-corrected chi connectivity index (χ4v) is 5.04. The second kappa shape index (κ2) is 7.09. The van der Waals surface area contributed by atoms with E-state index >= 15 is 0 Å². The lowest BCUT2D eigenvalue weighted by molar-refractivity contribution is -0.163. The summed E-state index contributed by atoms with van der Waals surface area (Å²) in [6, 6.07) is 6.34. The number of thioether (sulfide) groups is 1. The van der Waals surface area contributed by atoms with E-state index < -0.39 is 34.7 Å². The topological polar surface area (TPSA) is 102 Å². The Morgan fingerprint density at radius 3 is 2.65 bits per heavy atom. The Morgan fingerprint density at radius 1 is 1.38 bits per heavy atom. The summed E-state index contributed by atoms with van der Waals surface area (Å²) >= 11 is 6.92. The lowest BCUT2D eigenvalue weighted by atomic mass is 9.95. The Balaban J connectivity index is 1.70. The van der Waals surface area contributed by atoms with E-state index in [0.29, 0.717) is 5.56 Å². The third kappa shape index (κ3) is 3.17. The number of alkyl halides is 1. The Kier molecular flexibility index (Phi) is 5.18. The van der Waals surface area contributed by atoms with Crippen molar-refractivity contribution >= 4 is 41.1 Å². The van der Waals surface area contributed by atoms with Gasteiger partial charge in [-0.1, -0.05) is 41.9 Å². The van der Waals surface area contributed by atoms with Gasteiger partial charge >= 0.3 is 5.97 Å². The summed E-state index contributed by atoms with van der Waals surface area (Å²) in [6.45, 7) is 3.72. The van der Waals surface area contributed by atoms with Crippen LogP contribution in [0.25, 0.3) is 0 Å². The van der Waals surface area contributed by atoms with Crippen molar-refractivity contribution in [2.75, 3.05) is 6.07 Å². The predicted octanol–water partition coefficient (Wildman–Crippen LogP) is 0.973. The van der Waals surface area contributed by atoms with Crippen LogP contribution in [0.1, 0.15) is 25.5 Å². The van der Waals surface area contributed by atoms with E-state index in [0.717, 1.165) is 0 Å². The van der Waals surface area contributed by atoms with E-state index in [1.54, 1.807) is 24.3 Å². The molecule has 2 aliphatic rings. The molecule has 2 heterocycles. The minimum absolute atomic E-state index is 0.269. The van der Waals surface area contributed by atoms with Crippen LogP contribution >= 0.6 is 23.4 Å². The Hall–Kier alpha value is -1.77. The van der Waals surface area contributed by atoms with Crippen LogP contribution < -0.4 is 11.1 Å². The number of nitrogens with one attached hydrogen (secondary N) is 1. The van der Waals surface area contributed by atoms with E-state index in [1.165, 1.54) is 16.7 Å². The number of carbonyl (C=O) groups is 3. The summed E-state index contributed by atoms with van der Waals surface area (Å²) in [7, 11) is 0. The molecule has 2 saturated heterocycles. The number of nitrogens with zero attached hydrogens (tertiary/aromatic N) is 1. The quantitative estimate of drug-likeness (QED) is 0.436. The average molecular weight is 398 g/mol. The molecular weight excluding hydrogens is 378 g/mol. The van der Waals surface area contributed by atoms with Gasteiger partial charge < -0.3 is 20.7 Å². The van der Waals surface area contributed by atoms with Gasteiger partial charge in [-0.2, -0.15) is 0 Å². The van der Waals surface area contributed by atoms with Crippen molar-refractivity contribution in [3.05, 3.63) is 35.9 Å². The molecule has 1 aromatic rings. The number of ether oxygens (including phenoxy) is 1. The van der Waals surface area contributed by atoms with Crippen LogP contribution in [0.5, 0.6) is 0 Å². The number of rotatable bonds is 5. The van der Waals surface area contributed by atoms with Crippen molar-refractivity contribution in [1.82, 2.24) is 10.2 Å². The standard InChI is InChI=1S/C17H20ClN3O4S/c1-17(2)12(16(24)25-8-18)21-14(23)11(15(21)26-17)20-13(22)10(19)9-6-4-3-5-7-9/h3-7,10-12,15H,8,19H2,1-2H3,(H,20,22)/t10?,11-,12+,15-/m1/s1. The largest absolute Gasteiger partial charge is 0.448 e. The lowest BCUT2D eigenvalue weighted by Crippen LogP contribution is -2.71. The van der Waals surface area contributed by atoms with E-state index in [-0.39, 0.29) is 17.3 Å². The first-order valence-corrected chi connectivity index (χ1v) is 9.53. The molecule has 0 saturated carbocycles. The first-order valence-electron chi connectivity index (χ1n) is 8.11. The molecule has 2 amide bonds. The van der Waals surface area contributed by atoms with Gasteiger partial charge in [-0.15, -0.1) is 11.8 Å². The number of hydrogen-bond acceptors (Lipinski definition) is 6. The normalized spacial score (nSPS) is 27.3. The van der Waals surface area contributed by atoms with Gasteiger partial charge in [0.1, 0.15) is 23.5 Å². The monoisotopic (exact) mass is 397 g/mol. The van der Waals surface area contributed by atoms with Crippen molar-refractivity contribution in [1.29, 1.82) is 0 Å². The molecule has 3 N–H and O–H groups in total. The first-order chi connectivity index (χ1) is 12.3. The number of amides is 2. The molecule has 26 heavy (non-hydrogen) atoms. The maximum atomic E-state index is 12.6. The molecule has 2 fully saturated rings. The first kappa shape index (κ1) is 19.0. The smallest absolute Gasteiger partial charge is 0.331 e. The minimum Gasteiger partial charge on any atom is -0.448 e. The van der Waals surface area contributed by atoms with Gasteiger partial charge in [0.2, 0.25) is 11.8 Å². The number of esters is 1. The number of fused-ring (bicyclic) bond motifs is 1. The molecule has 9 heteroatoms. The molecule has 0 spiro atoms. The van der Waals surface area contributed by atoms with E-state index in [1.807, 2.05) is 19.9 Å². The number of halogens is 1. The highest BCUT2D eigenvalue weighted by Crippen LogP contribution is 2.51. The molecule has 2 aliphatic heterocycles. The number of nitrogens with two attached hydrogens (primary N) is 1. The fraction of sp³-hybridized carbons (Fsp3) is 0.471. The summed E-state index contributed by atoms with van der Waals surface area (Å²) in [4.78, 5) is 38.6. The van der Waals surface area contributed by atoms with Crippen LogP contribution in [0.3, 0.4) is 0 Å². The van der Waals surface area contributed by atoms with Crippen molar-refractivity contribution in [2.45, 2.75) is 42.1 Å². The number of hydrogen-bond donors (Lipinski definition) is 2. The van der Waals surface area contributed by atoms with Gasteiger partial charge in [-0.05, 0) is 19.4 Å². The zero-order valence-electron chi connectivity index (χ0n) is 14.3. The van der Waals surface area contributed by atoms with Crippen molar-refractivity contribution in [3.8, 4) is 0 Å². The number of β-lactam (4-membered cyclic amide) rings is 1. The molecule has 1 aromatic carbocycles. The molecule has 3 rings (SSSR count). The van der Waals surface area contributed by atoms with Gasteiger partial charge in [0, 0.05) is 4.75 Å². The lowest BCUT2D eigenvalue weighted by Gasteiger charge is -2.44. The molecule has 7 nitrogen and oxygen atoms in total. The maximum Gasteiger partial charge on any atom is 0.331 e. The minimum atomic E-state index is -0.866. The Morgan fingerprint density at radius 2 is 2.04 bits per heavy atom. The third-order valence-corrected chi connectivity index (χ3v) is 6.28. The van der Waals surface area contributed by atoms with Crippen LogP contribution in [0.15, 0.2) is 30.3 Å². The van der Waals surface area contributed by atoms with Crippen LogP contribution in [-0.2, 0) is 19.1 Å². The summed E-state index contributed by atoms with van der Waals surface area (Å²) in [5.41, 5.74) is 6.65. The van der Waals surface area contributed by atoms with Gasteiger partial charge in [-0.3, -0.25) is 9.59 Å². The van der Waals surface area contributed by atoms with E-state index in [9.17, 15) is 14.4 Å². The molecule has 0 aromatic heterocycles. The average Bonchev–Trinajstić information content (AvgIpc) is 2.87. The summed E-state index contributed by atoms with van der Waals surface area (Å²) in [6.07, 6.45) is 0. The Labute approximate surface area is 160 Å². The van der Waals surface area contributed by atoms with Crippen molar-refractivity contribution < 1.29 is 19.1 Å². The van der Waals surface area contributed by atoms with Gasteiger partial charge in [-0.25, -0.2) is 4.79 Å². The zero-order chi connectivity index (χ0) is 19.1. The van der Waals surface area contributed by atoms with Crippen LogP contribution in [0.2, 0.25) is 0 Å². The third-order valence-electron chi connectivity index (χ3n) is 4.60. The summed E-state index contributed by atoms with van der Waals surface area (Å²) < 4.78 is 4.34. The van der Waals surface area contributed by atoms with Crippen LogP contribution in [0.4, 0.5) is 0 Å². The number of carbonyl (C=O) groups excluding carboxylic acids is 3. The molecule has 0 radical (unpaired) electrons. The second-order valence-corrected chi connectivity index (χ2v) is 8.70. The molecule has 0 bridgehead atoms. The zero-order valence-corrected chi connectivity index (χ0v) is 15.9. The van der Waals surface area contributed by atoms with E-state index in [2.05, 4.69) is 5.32 Å². The summed E-state index contributed by atoms with van der Waals surface area (Å²) in [5, 5.41) is 2.38. The van der Waals surface area contributed by atoms with Crippen molar-refractivity contribution in [2.24, 2.45) is 5.73 Å². The summed E-state index contributed by atoms with van der Waals surface area (Å²) in [5.74, 6) is -1.29. The highest BCUT2D eigenvalue weighted by atomic mass is 35.5. The van der Waals surface area contributed by atoms with Crippen LogP contribution in [-0.4, -0.2) is 51.0 Å². The molecular formula is C17H20ClN3O4S. The SMILES string of the molecule is CC1(C)S[C@@H]2[C@H](NC(=O)C(N)c3ccccc3)C(=O)N2[C@H]1C(=O)OCCl. The van der Waals surface area contributed by atoms with Gasteiger partial charge in [0.15, 0.2) is 6.07 Å². The van der Waals surface area contributed by atoms with Crippen LogP contribution in [0, 0.1) is 0 Å². The molecule has 4 atom stereocenters. The second-order valence-electron chi connectivity index (χ2n) is 6.71. The fourth-order valence-electron chi connectivity index (χ4n) is 3.31. The molecule has 1 unspecified atom stereocenters. The highest BCUT2D eigenvalue weighted by molar-refractivity contribution is 8.01. The van der Waals surface area contributed by atoms with Gasteiger partial charge in [0.25, 0.3) is 0 Å². The molecule has 0 aliphatic carbocycles. The highest BCUT2D eigenvalue weighted by Gasteiger charge is 2.64. The van der Waals surface area contributed by atoms with Crippen molar-refractivity contribution in [3.63, 3.8) is 0 Å².